The van der Waals surface area contributed by atoms with E-state index in [1.54, 1.807) is 6.08 Å². The molecule has 0 saturated carbocycles. The molecule has 1 aliphatic rings. The number of nitrogens with zero attached hydrogens (tertiary/aromatic N) is 1. The van der Waals surface area contributed by atoms with Gasteiger partial charge in [0.1, 0.15) is 6.10 Å². The average Bonchev–Trinajstić information content (AvgIpc) is 3.11. The molecule has 220 valence electrons. The quantitative estimate of drug-likeness (QED) is 0.0892. The Labute approximate surface area is 231 Å². The van der Waals surface area contributed by atoms with E-state index in [0.717, 1.165) is 20.8 Å². The van der Waals surface area contributed by atoms with E-state index in [1.165, 1.54) is 6.08 Å². The molecule has 0 aromatic rings. The molecule has 1 fully saturated rings. The Morgan fingerprint density at radius 3 is 1.95 bits per heavy atom. The third kappa shape index (κ3) is 11.9. The number of ether oxygens (including phenoxy) is 4. The maximum absolute atomic E-state index is 13.6. The fourth-order valence-electron chi connectivity index (χ4n) is 3.56. The number of hydrogen-bond donors (Lipinski definition) is 0. The Kier molecular flexibility index (Phi) is 15.1. The Morgan fingerprint density at radius 1 is 0.923 bits per heavy atom. The summed E-state index contributed by atoms with van der Waals surface area (Å²) in [6, 6.07) is 0.134. The summed E-state index contributed by atoms with van der Waals surface area (Å²) in [4.78, 5) is 35.0. The zero-order valence-corrected chi connectivity index (χ0v) is 25.3. The van der Waals surface area contributed by atoms with Gasteiger partial charge in [-0.3, -0.25) is 23.4 Å². The molecule has 1 rings (SSSR count). The van der Waals surface area contributed by atoms with Crippen molar-refractivity contribution < 1.29 is 51.5 Å². The third-order valence-electron chi connectivity index (χ3n) is 4.79. The van der Waals surface area contributed by atoms with E-state index in [4.69, 9.17) is 32.5 Å². The summed E-state index contributed by atoms with van der Waals surface area (Å²) < 4.78 is 53.9. The van der Waals surface area contributed by atoms with Gasteiger partial charge in [0, 0.05) is 38.5 Å². The highest BCUT2D eigenvalue weighted by Gasteiger charge is 2.51. The number of carbonyl (C=O) groups excluding carboxylic acids is 3. The fourth-order valence-corrected chi connectivity index (χ4v) is 6.64. The Bertz CT molecular complexity index is 967. The molecule has 1 aliphatic heterocycles. The highest BCUT2D eigenvalue weighted by Crippen LogP contribution is 2.51. The molecule has 1 heterocycles. The van der Waals surface area contributed by atoms with Crippen molar-refractivity contribution >= 4 is 33.8 Å². The molecule has 39 heavy (non-hydrogen) atoms. The molecule has 1 saturated heterocycles. The van der Waals surface area contributed by atoms with Crippen molar-refractivity contribution in [1.82, 2.24) is 4.67 Å². The van der Waals surface area contributed by atoms with Crippen molar-refractivity contribution in [3.63, 3.8) is 0 Å². The van der Waals surface area contributed by atoms with Crippen LogP contribution in [0.1, 0.15) is 48.5 Å². The zero-order valence-electron chi connectivity index (χ0n) is 23.5. The van der Waals surface area contributed by atoms with Gasteiger partial charge in [0.15, 0.2) is 14.4 Å². The monoisotopic (exact) mass is 591 g/mol. The summed E-state index contributed by atoms with van der Waals surface area (Å²) >= 11 is 0. The second-order valence-corrected chi connectivity index (χ2v) is 12.1. The lowest BCUT2D eigenvalue weighted by Crippen LogP contribution is -2.41. The molecule has 0 N–H and O–H groups in total. The van der Waals surface area contributed by atoms with Crippen molar-refractivity contribution in [3.8, 4) is 11.3 Å². The van der Waals surface area contributed by atoms with Crippen LogP contribution in [0.15, 0.2) is 25.3 Å². The minimum Gasteiger partial charge on any atom is -0.455 e. The second kappa shape index (κ2) is 16.9. The van der Waals surface area contributed by atoms with Crippen molar-refractivity contribution in [3.05, 3.63) is 25.3 Å². The first-order valence-corrected chi connectivity index (χ1v) is 15.0. The van der Waals surface area contributed by atoms with Crippen LogP contribution < -0.4 is 0 Å². The van der Waals surface area contributed by atoms with E-state index >= 15 is 0 Å². The maximum Gasteiger partial charge on any atom is 0.406 e. The van der Waals surface area contributed by atoms with Gasteiger partial charge in [-0.1, -0.05) is 12.2 Å². The molecular formula is C25H39NO11P2. The first kappa shape index (κ1) is 34.9. The van der Waals surface area contributed by atoms with E-state index in [9.17, 15) is 18.9 Å². The molecule has 0 aromatic carbocycles. The van der Waals surface area contributed by atoms with Gasteiger partial charge in [-0.25, -0.2) is 9.24 Å². The van der Waals surface area contributed by atoms with Crippen LogP contribution >= 0.6 is 15.9 Å². The summed E-state index contributed by atoms with van der Waals surface area (Å²) in [6.07, 6.45) is -2.09. The molecule has 3 unspecified atom stereocenters. The minimum atomic E-state index is -4.11. The van der Waals surface area contributed by atoms with Crippen LogP contribution in [0.4, 0.5) is 0 Å². The molecule has 0 aromatic heterocycles. The molecule has 12 nitrogen and oxygen atoms in total. The van der Waals surface area contributed by atoms with E-state index in [2.05, 4.69) is 24.5 Å². The second-order valence-electron chi connectivity index (χ2n) is 8.83. The van der Waals surface area contributed by atoms with Gasteiger partial charge in [0.25, 0.3) is 0 Å². The van der Waals surface area contributed by atoms with Crippen LogP contribution in [0, 0.1) is 11.3 Å². The largest absolute Gasteiger partial charge is 0.455 e. The van der Waals surface area contributed by atoms with E-state index in [-0.39, 0.29) is 25.3 Å². The first-order chi connectivity index (χ1) is 18.2. The van der Waals surface area contributed by atoms with Crippen LogP contribution in [0.5, 0.6) is 0 Å². The molecule has 0 amide bonds. The normalized spacial score (nSPS) is 22.9. The SMILES string of the molecule is C=CCOP(C#CP(=O)(OCC=C)OC[C@H]1OC(OC(C)=O)[C@H](OC(C)=O)[C@@H]1OC(C)=O)N(C(C)C)C(C)C. The standard InChI is InChI=1S/C25H39NO11P2/c1-10-12-31-38(26(17(3)4)18(5)6)14-15-39(30,32-13-11-2)33-16-22-23(34-19(7)27)24(35-20(8)28)25(37-22)36-21(9)29/h10-11,17-18,22-25H,1-2,12-13,16H2,3-9H3/t22-,23-,24-,25?,38?,39?/m1/s1. The van der Waals surface area contributed by atoms with Gasteiger partial charge >= 0.3 is 25.5 Å². The molecular weight excluding hydrogens is 552 g/mol. The Morgan fingerprint density at radius 2 is 1.46 bits per heavy atom. The van der Waals surface area contributed by atoms with Crippen LogP contribution in [-0.4, -0.2) is 79.1 Å². The number of esters is 3. The van der Waals surface area contributed by atoms with Gasteiger partial charge in [-0.05, 0) is 33.4 Å². The molecule has 14 heteroatoms. The maximum atomic E-state index is 13.6. The lowest BCUT2D eigenvalue weighted by Gasteiger charge is -2.33. The Balaban J connectivity index is 3.31. The summed E-state index contributed by atoms with van der Waals surface area (Å²) in [5.74, 6) is -2.16. The van der Waals surface area contributed by atoms with Gasteiger partial charge in [0.05, 0.1) is 19.8 Å². The summed E-state index contributed by atoms with van der Waals surface area (Å²) in [6.45, 7) is 18.2. The van der Waals surface area contributed by atoms with E-state index in [1.807, 2.05) is 32.4 Å². The molecule has 6 atom stereocenters. The van der Waals surface area contributed by atoms with Crippen LogP contribution in [-0.2, 0) is 51.5 Å². The number of hydrogen-bond acceptors (Lipinski definition) is 12. The third-order valence-corrected chi connectivity index (χ3v) is 8.37. The molecule has 0 bridgehead atoms. The lowest BCUT2D eigenvalue weighted by atomic mass is 10.1. The fraction of sp³-hybridized carbons (Fsp3) is 0.640. The predicted octanol–water partition coefficient (Wildman–Crippen LogP) is 4.10. The van der Waals surface area contributed by atoms with Crippen LogP contribution in [0.3, 0.4) is 0 Å². The van der Waals surface area contributed by atoms with Crippen molar-refractivity contribution in [2.75, 3.05) is 19.8 Å². The number of rotatable bonds is 15. The lowest BCUT2D eigenvalue weighted by molar-refractivity contribution is -0.196. The predicted molar refractivity (Wildman–Crippen MR) is 144 cm³/mol. The Hall–Kier alpha value is -2.09. The van der Waals surface area contributed by atoms with Crippen molar-refractivity contribution in [2.45, 2.75) is 85.2 Å². The zero-order chi connectivity index (χ0) is 29.8. The summed E-state index contributed by atoms with van der Waals surface area (Å²) in [5, 5.41) is 0. The summed E-state index contributed by atoms with van der Waals surface area (Å²) in [5.41, 5.74) is 5.52. The van der Waals surface area contributed by atoms with Gasteiger partial charge in [-0.15, -0.1) is 13.2 Å². The van der Waals surface area contributed by atoms with Gasteiger partial charge in [0.2, 0.25) is 12.4 Å². The highest BCUT2D eigenvalue weighted by atomic mass is 31.2. The average molecular weight is 592 g/mol. The topological polar surface area (TPSA) is 136 Å². The minimum absolute atomic E-state index is 0.0671. The molecule has 0 aliphatic carbocycles. The smallest absolute Gasteiger partial charge is 0.406 e. The number of carbonyl (C=O) groups is 3. The van der Waals surface area contributed by atoms with Gasteiger partial charge in [-0.2, -0.15) is 0 Å². The highest BCUT2D eigenvalue weighted by molar-refractivity contribution is 7.61. The molecule has 0 spiro atoms. The van der Waals surface area contributed by atoms with Gasteiger partial charge < -0.3 is 23.5 Å². The van der Waals surface area contributed by atoms with Crippen LogP contribution in [0.25, 0.3) is 0 Å². The van der Waals surface area contributed by atoms with Crippen LogP contribution in [0.2, 0.25) is 0 Å². The first-order valence-electron chi connectivity index (χ1n) is 12.3. The van der Waals surface area contributed by atoms with E-state index < -0.39 is 65.0 Å². The molecule has 0 radical (unpaired) electrons. The van der Waals surface area contributed by atoms with Crippen molar-refractivity contribution in [1.29, 1.82) is 0 Å². The van der Waals surface area contributed by atoms with Crippen molar-refractivity contribution in [2.24, 2.45) is 0 Å². The van der Waals surface area contributed by atoms with E-state index in [0.29, 0.717) is 0 Å². The summed E-state index contributed by atoms with van der Waals surface area (Å²) in [7, 11) is -5.65.